The molecule has 0 spiro atoms. The second-order valence-electron chi connectivity index (χ2n) is 7.64. The first-order chi connectivity index (χ1) is 10.7. The number of aliphatic hydroxyl groups excluding tert-OH is 1. The molecule has 2 aromatic rings. The summed E-state index contributed by atoms with van der Waals surface area (Å²) in [5.41, 5.74) is 4.38. The van der Waals surface area contributed by atoms with E-state index in [0.717, 1.165) is 28.0 Å². The van der Waals surface area contributed by atoms with Crippen molar-refractivity contribution in [3.63, 3.8) is 0 Å². The van der Waals surface area contributed by atoms with E-state index in [1.54, 1.807) is 0 Å². The largest absolute Gasteiger partial charge is 0.543 e. The summed E-state index contributed by atoms with van der Waals surface area (Å²) in [4.78, 5) is 0. The second kappa shape index (κ2) is 6.50. The smallest absolute Gasteiger partial charge is 0.250 e. The molecule has 0 saturated heterocycles. The molecule has 124 valence electrons. The van der Waals surface area contributed by atoms with Crippen LogP contribution in [0, 0.1) is 6.92 Å². The van der Waals surface area contributed by atoms with Crippen molar-refractivity contribution in [3.8, 4) is 16.9 Å². The predicted octanol–water partition coefficient (Wildman–Crippen LogP) is 5.54. The van der Waals surface area contributed by atoms with Gasteiger partial charge in [0.25, 0.3) is 0 Å². The van der Waals surface area contributed by atoms with Crippen molar-refractivity contribution in [1.29, 1.82) is 0 Å². The van der Waals surface area contributed by atoms with Crippen molar-refractivity contribution in [2.24, 2.45) is 0 Å². The Morgan fingerprint density at radius 2 is 1.70 bits per heavy atom. The van der Waals surface area contributed by atoms with Crippen LogP contribution in [0.5, 0.6) is 5.75 Å². The minimum absolute atomic E-state index is 0.0693. The first-order valence-corrected chi connectivity index (χ1v) is 11.1. The Hall–Kier alpha value is -1.58. The number of hydrogen-bond donors (Lipinski definition) is 1. The molecule has 0 fully saturated rings. The summed E-state index contributed by atoms with van der Waals surface area (Å²) in [5.74, 6) is 0.933. The average Bonchev–Trinajstić information content (AvgIpc) is 2.46. The van der Waals surface area contributed by atoms with Crippen molar-refractivity contribution in [3.05, 3.63) is 53.6 Å². The van der Waals surface area contributed by atoms with Crippen molar-refractivity contribution in [1.82, 2.24) is 0 Å². The molecule has 0 amide bonds. The summed E-state index contributed by atoms with van der Waals surface area (Å²) in [7, 11) is -1.84. The maximum Gasteiger partial charge on any atom is 0.250 e. The topological polar surface area (TPSA) is 29.5 Å². The van der Waals surface area contributed by atoms with E-state index >= 15 is 0 Å². The van der Waals surface area contributed by atoms with E-state index in [2.05, 4.69) is 59.0 Å². The fourth-order valence-electron chi connectivity index (χ4n) is 2.34. The molecular formula is C20H28O2Si. The molecule has 2 rings (SSSR count). The van der Waals surface area contributed by atoms with Crippen LogP contribution in [0.2, 0.25) is 18.1 Å². The van der Waals surface area contributed by atoms with Crippen LogP contribution in [0.15, 0.2) is 42.5 Å². The van der Waals surface area contributed by atoms with E-state index in [1.807, 2.05) is 24.3 Å². The Balaban J connectivity index is 2.38. The zero-order valence-corrected chi connectivity index (χ0v) is 16.1. The van der Waals surface area contributed by atoms with Crippen LogP contribution < -0.4 is 4.43 Å². The van der Waals surface area contributed by atoms with Crippen molar-refractivity contribution < 1.29 is 9.53 Å². The lowest BCUT2D eigenvalue weighted by atomic mass is 9.97. The van der Waals surface area contributed by atoms with Crippen LogP contribution in [0.1, 0.15) is 31.9 Å². The summed E-state index contributed by atoms with van der Waals surface area (Å²) >= 11 is 0. The van der Waals surface area contributed by atoms with E-state index in [0.29, 0.717) is 0 Å². The molecule has 2 aromatic carbocycles. The number of hydrogen-bond acceptors (Lipinski definition) is 2. The normalized spacial score (nSPS) is 12.3. The van der Waals surface area contributed by atoms with Gasteiger partial charge in [0.15, 0.2) is 0 Å². The first kappa shape index (κ1) is 17.8. The van der Waals surface area contributed by atoms with Gasteiger partial charge in [0.05, 0.1) is 6.61 Å². The first-order valence-electron chi connectivity index (χ1n) is 8.14. The van der Waals surface area contributed by atoms with E-state index in [1.165, 1.54) is 0 Å². The predicted molar refractivity (Wildman–Crippen MR) is 100 cm³/mol. The Bertz CT molecular complexity index is 684. The van der Waals surface area contributed by atoms with Gasteiger partial charge in [-0.15, -0.1) is 0 Å². The van der Waals surface area contributed by atoms with Gasteiger partial charge in [-0.1, -0.05) is 51.1 Å². The van der Waals surface area contributed by atoms with Gasteiger partial charge in [-0.3, -0.25) is 0 Å². The van der Waals surface area contributed by atoms with E-state index in [-0.39, 0.29) is 11.6 Å². The highest BCUT2D eigenvalue weighted by atomic mass is 28.4. The number of rotatable bonds is 4. The number of aliphatic hydroxyl groups is 1. The summed E-state index contributed by atoms with van der Waals surface area (Å²) in [6.45, 7) is 13.4. The Labute approximate surface area is 141 Å². The van der Waals surface area contributed by atoms with Gasteiger partial charge in [0.1, 0.15) is 5.75 Å². The van der Waals surface area contributed by atoms with Gasteiger partial charge in [-0.2, -0.15) is 0 Å². The summed E-state index contributed by atoms with van der Waals surface area (Å²) in [6, 6.07) is 14.4. The maximum absolute atomic E-state index is 9.47. The Morgan fingerprint density at radius 3 is 2.30 bits per heavy atom. The average molecular weight is 329 g/mol. The van der Waals surface area contributed by atoms with Gasteiger partial charge in [-0.05, 0) is 59.4 Å². The Kier molecular flexibility index (Phi) is 5.02. The van der Waals surface area contributed by atoms with Crippen LogP contribution in [-0.2, 0) is 6.61 Å². The van der Waals surface area contributed by atoms with Gasteiger partial charge >= 0.3 is 0 Å². The SMILES string of the molecule is Cc1c(CO)cccc1-c1cccc(O[Si](C)(C)C(C)(C)C)c1. The van der Waals surface area contributed by atoms with Crippen LogP contribution in [0.25, 0.3) is 11.1 Å². The molecule has 0 aliphatic carbocycles. The highest BCUT2D eigenvalue weighted by Crippen LogP contribution is 2.38. The molecule has 0 atom stereocenters. The molecule has 23 heavy (non-hydrogen) atoms. The van der Waals surface area contributed by atoms with Crippen molar-refractivity contribution in [2.75, 3.05) is 0 Å². The van der Waals surface area contributed by atoms with Crippen molar-refractivity contribution in [2.45, 2.75) is 52.4 Å². The minimum atomic E-state index is -1.84. The monoisotopic (exact) mass is 328 g/mol. The fourth-order valence-corrected chi connectivity index (χ4v) is 3.36. The summed E-state index contributed by atoms with van der Waals surface area (Å²) in [5, 5.41) is 9.64. The molecule has 0 aromatic heterocycles. The van der Waals surface area contributed by atoms with Crippen LogP contribution in [0.4, 0.5) is 0 Å². The molecule has 3 heteroatoms. The van der Waals surface area contributed by atoms with Gasteiger partial charge < -0.3 is 9.53 Å². The molecule has 0 aliphatic heterocycles. The highest BCUT2D eigenvalue weighted by molar-refractivity contribution is 6.74. The third-order valence-electron chi connectivity index (χ3n) is 4.94. The van der Waals surface area contributed by atoms with Gasteiger partial charge in [0, 0.05) is 0 Å². The lowest BCUT2D eigenvalue weighted by Crippen LogP contribution is -2.43. The zero-order chi connectivity index (χ0) is 17.3. The molecule has 0 bridgehead atoms. The van der Waals surface area contributed by atoms with Crippen LogP contribution >= 0.6 is 0 Å². The Morgan fingerprint density at radius 1 is 1.04 bits per heavy atom. The molecular weight excluding hydrogens is 300 g/mol. The maximum atomic E-state index is 9.47. The van der Waals surface area contributed by atoms with Gasteiger partial charge in [0.2, 0.25) is 8.32 Å². The summed E-state index contributed by atoms with van der Waals surface area (Å²) < 4.78 is 6.41. The van der Waals surface area contributed by atoms with Gasteiger partial charge in [-0.25, -0.2) is 0 Å². The lowest BCUT2D eigenvalue weighted by Gasteiger charge is -2.36. The second-order valence-corrected chi connectivity index (χ2v) is 12.4. The molecule has 0 aliphatic rings. The van der Waals surface area contributed by atoms with Crippen molar-refractivity contribution >= 4 is 8.32 Å². The van der Waals surface area contributed by atoms with E-state index in [9.17, 15) is 5.11 Å². The zero-order valence-electron chi connectivity index (χ0n) is 15.1. The lowest BCUT2D eigenvalue weighted by molar-refractivity contribution is 0.281. The van der Waals surface area contributed by atoms with Crippen LogP contribution in [0.3, 0.4) is 0 Å². The summed E-state index contributed by atoms with van der Waals surface area (Å²) in [6.07, 6.45) is 0. The molecule has 1 N–H and O–H groups in total. The third-order valence-corrected chi connectivity index (χ3v) is 9.30. The highest BCUT2D eigenvalue weighted by Gasteiger charge is 2.38. The molecule has 0 saturated carbocycles. The van der Waals surface area contributed by atoms with E-state index < -0.39 is 8.32 Å². The fraction of sp³-hybridized carbons (Fsp3) is 0.400. The number of benzene rings is 2. The molecule has 2 nitrogen and oxygen atoms in total. The van der Waals surface area contributed by atoms with Crippen LogP contribution in [-0.4, -0.2) is 13.4 Å². The third kappa shape index (κ3) is 3.85. The quantitative estimate of drug-likeness (QED) is 0.747. The molecule has 0 radical (unpaired) electrons. The molecule has 0 heterocycles. The minimum Gasteiger partial charge on any atom is -0.543 e. The standard InChI is InChI=1S/C20H28O2Si/c1-15-17(14-21)10-8-12-19(15)16-9-7-11-18(13-16)22-23(5,6)20(2,3)4/h7-13,21H,14H2,1-6H3. The van der Waals surface area contributed by atoms with E-state index in [4.69, 9.17) is 4.43 Å². The molecule has 0 unspecified atom stereocenters.